The van der Waals surface area contributed by atoms with Crippen LogP contribution in [-0.4, -0.2) is 165 Å². The molecule has 102 heavy (non-hydrogen) atoms. The van der Waals surface area contributed by atoms with E-state index in [9.17, 15) is 38.4 Å². The second kappa shape index (κ2) is 51.3. The number of carbonyl (C=O) groups excluding carboxylic acids is 8. The van der Waals surface area contributed by atoms with Crippen molar-refractivity contribution in [3.63, 3.8) is 0 Å². The molecule has 24 nitrogen and oxygen atoms in total. The molecule has 5 rings (SSSR count). The Kier molecular flexibility index (Phi) is 42.7. The van der Waals surface area contributed by atoms with Gasteiger partial charge >= 0.3 is 0 Å². The van der Waals surface area contributed by atoms with Crippen molar-refractivity contribution in [2.75, 3.05) is 69.9 Å². The molecule has 6 atom stereocenters. The molecule has 8 amide bonds. The normalized spacial score (nSPS) is 18.2. The van der Waals surface area contributed by atoms with E-state index in [1.54, 1.807) is 24.3 Å². The first kappa shape index (κ1) is 84.8. The lowest BCUT2D eigenvalue weighted by molar-refractivity contribution is -0.135. The van der Waals surface area contributed by atoms with Crippen molar-refractivity contribution in [3.8, 4) is 0 Å². The monoisotopic (exact) mass is 1460 g/mol. The van der Waals surface area contributed by atoms with Crippen LogP contribution in [0.25, 0.3) is 0 Å². The summed E-state index contributed by atoms with van der Waals surface area (Å²) in [6.07, 6.45) is 17.0. The van der Waals surface area contributed by atoms with Gasteiger partial charge in [-0.3, -0.25) is 48.3 Å². The van der Waals surface area contributed by atoms with E-state index in [1.165, 1.54) is 87.7 Å². The molecule has 1 heterocycles. The second-order valence-corrected chi connectivity index (χ2v) is 27.9. The Labute approximate surface area is 617 Å². The lowest BCUT2D eigenvalue weighted by Crippen LogP contribution is -2.60. The molecule has 27 heteroatoms. The Balaban J connectivity index is 1.32. The minimum absolute atomic E-state index is 0.00431. The van der Waals surface area contributed by atoms with Crippen LogP contribution in [0.3, 0.4) is 0 Å². The number of nitrogens with two attached hydrogens (primary N) is 4. The van der Waals surface area contributed by atoms with Gasteiger partial charge in [-0.2, -0.15) is 36.2 Å². The summed E-state index contributed by atoms with van der Waals surface area (Å²) in [5, 5.41) is 22.9. The van der Waals surface area contributed by atoms with Gasteiger partial charge in [0.15, 0.2) is 11.9 Å². The summed E-state index contributed by atoms with van der Waals surface area (Å²) in [4.78, 5) is 123. The number of rotatable bonds is 40. The van der Waals surface area contributed by atoms with Gasteiger partial charge in [0.05, 0.1) is 26.4 Å². The van der Waals surface area contributed by atoms with Gasteiger partial charge < -0.3 is 74.9 Å². The molecule has 0 saturated carbocycles. The van der Waals surface area contributed by atoms with Crippen molar-refractivity contribution in [2.45, 2.75) is 189 Å². The van der Waals surface area contributed by atoms with Crippen molar-refractivity contribution in [1.82, 2.24) is 42.5 Å². The highest BCUT2D eigenvalue weighted by atomic mass is 32.2. The highest BCUT2D eigenvalue weighted by Crippen LogP contribution is 2.28. The summed E-state index contributed by atoms with van der Waals surface area (Å²) in [5.74, 6) is -4.59. The molecule has 1 aliphatic rings. The van der Waals surface area contributed by atoms with Crippen molar-refractivity contribution in [1.29, 1.82) is 0 Å². The van der Waals surface area contributed by atoms with Crippen LogP contribution in [0.2, 0.25) is 0 Å². The average molecular weight is 1470 g/mol. The molecular weight excluding hydrogens is 1350 g/mol. The Morgan fingerprint density at radius 3 is 1.51 bits per heavy atom. The number of aliphatic imine (C=N–C) groups is 2. The number of benzene rings is 4. The van der Waals surface area contributed by atoms with Crippen LogP contribution in [0.5, 0.6) is 0 Å². The Hall–Kier alpha value is -7.85. The average Bonchev–Trinajstić information content (AvgIpc) is 0.859. The molecule has 4 aromatic rings. The number of thioether (sulfide) groups is 2. The highest BCUT2D eigenvalue weighted by molar-refractivity contribution is 7.98. The number of fused-ring (bicyclic) bond motifs is 2. The van der Waals surface area contributed by atoms with Gasteiger partial charge in [-0.15, -0.1) is 0 Å². The molecule has 0 unspecified atom stereocenters. The zero-order chi connectivity index (χ0) is 73.4. The number of nitrogens with zero attached hydrogens (tertiary/aromatic N) is 2. The molecule has 560 valence electrons. The van der Waals surface area contributed by atoms with Crippen LogP contribution in [0.4, 0.5) is 0 Å². The molecule has 2 bridgehead atoms. The number of unbranched alkanes of at least 4 members (excludes halogenated alkanes) is 12. The van der Waals surface area contributed by atoms with Gasteiger partial charge in [0.2, 0.25) is 47.3 Å². The first-order valence-corrected chi connectivity index (χ1v) is 39.1. The zero-order valence-corrected chi connectivity index (χ0v) is 61.9. The molecule has 16 N–H and O–H groups in total. The maximum Gasteiger partial charge on any atom is 0.244 e. The van der Waals surface area contributed by atoms with E-state index in [-0.39, 0.29) is 119 Å². The maximum absolute atomic E-state index is 14.8. The summed E-state index contributed by atoms with van der Waals surface area (Å²) in [6.45, 7) is 3.85. The van der Waals surface area contributed by atoms with Gasteiger partial charge in [0.1, 0.15) is 36.3 Å². The van der Waals surface area contributed by atoms with Crippen LogP contribution in [0, 0.1) is 0 Å². The van der Waals surface area contributed by atoms with Crippen molar-refractivity contribution in [2.24, 2.45) is 32.9 Å². The van der Waals surface area contributed by atoms with Crippen molar-refractivity contribution in [3.05, 3.63) is 143 Å². The van der Waals surface area contributed by atoms with Gasteiger partial charge in [-0.25, -0.2) is 0 Å². The molecule has 0 saturated heterocycles. The van der Waals surface area contributed by atoms with Crippen LogP contribution in [0.1, 0.15) is 163 Å². The topological polar surface area (TPSA) is 380 Å². The van der Waals surface area contributed by atoms with E-state index >= 15 is 0 Å². The minimum atomic E-state index is -1.39. The third-order valence-electron chi connectivity index (χ3n) is 17.1. The largest absolute Gasteiger partial charge is 0.377 e. The number of nitrogens with one attached hydrogen (secondary N) is 8. The Morgan fingerprint density at radius 1 is 0.520 bits per heavy atom. The molecule has 0 radical (unpaired) electrons. The summed E-state index contributed by atoms with van der Waals surface area (Å²) in [5.41, 5.74) is 26.9. The molecule has 4 aromatic carbocycles. The van der Waals surface area contributed by atoms with Gasteiger partial charge in [0, 0.05) is 80.1 Å². The fourth-order valence-corrected chi connectivity index (χ4v) is 13.8. The summed E-state index contributed by atoms with van der Waals surface area (Å²) in [6, 6.07) is 28.4. The van der Waals surface area contributed by atoms with Crippen molar-refractivity contribution < 1.29 is 47.8 Å². The predicted molar refractivity (Wildman–Crippen MR) is 411 cm³/mol. The minimum Gasteiger partial charge on any atom is -0.377 e. The first-order chi connectivity index (χ1) is 49.5. The SMILES string of the molecule is CCCCCCCCCCCCCCCC(=O)NCCOCCOCCNC(=O)[C@@H]1CSCc2cccc(c2)CSC[C@H](NC(=O)CC(c2ccccc2)c2ccccc2)C(=O)N[C@@H](CCCN=C(N)N)C(=O)N[C@@H](CS)C(=O)N[C@@H](CCCN=C(N)N)C(=O)N[C@@H](Cc2ccccc2)C(=O)N1. The summed E-state index contributed by atoms with van der Waals surface area (Å²) in [7, 11) is 0. The van der Waals surface area contributed by atoms with Gasteiger partial charge in [-0.05, 0) is 59.9 Å². The van der Waals surface area contributed by atoms with Crippen LogP contribution in [-0.2, 0) is 65.8 Å². The molecule has 1 aliphatic heterocycles. The van der Waals surface area contributed by atoms with Crippen LogP contribution in [0.15, 0.2) is 125 Å². The van der Waals surface area contributed by atoms with E-state index in [1.807, 2.05) is 91.0 Å². The molecule has 0 spiro atoms. The van der Waals surface area contributed by atoms with Gasteiger partial charge in [-0.1, -0.05) is 199 Å². The highest BCUT2D eigenvalue weighted by Gasteiger charge is 2.34. The first-order valence-electron chi connectivity index (χ1n) is 36.1. The molecule has 0 aromatic heterocycles. The second-order valence-electron chi connectivity index (χ2n) is 25.5. The Bertz CT molecular complexity index is 3130. The molecular formula is C75H112N14O10S3. The Morgan fingerprint density at radius 2 is 0.980 bits per heavy atom. The van der Waals surface area contributed by atoms with Crippen molar-refractivity contribution >= 4 is 95.3 Å². The number of carbonyl (C=O) groups is 8. The van der Waals surface area contributed by atoms with E-state index in [0.717, 1.165) is 41.5 Å². The predicted octanol–water partition coefficient (Wildman–Crippen LogP) is 6.32. The molecule has 0 fully saturated rings. The summed E-state index contributed by atoms with van der Waals surface area (Å²) < 4.78 is 11.5. The fourth-order valence-electron chi connectivity index (χ4n) is 11.5. The number of hydrogen-bond donors (Lipinski definition) is 13. The fraction of sp³-hybridized carbons (Fsp3) is 0.547. The third-order valence-corrected chi connectivity index (χ3v) is 19.6. The summed E-state index contributed by atoms with van der Waals surface area (Å²) >= 11 is 7.25. The lowest BCUT2D eigenvalue weighted by Gasteiger charge is -2.27. The number of thiol groups is 1. The zero-order valence-electron chi connectivity index (χ0n) is 59.4. The number of hydrogen-bond acceptors (Lipinski definition) is 15. The number of guanidine groups is 2. The maximum atomic E-state index is 14.8. The van der Waals surface area contributed by atoms with E-state index in [4.69, 9.17) is 32.4 Å². The van der Waals surface area contributed by atoms with E-state index in [2.05, 4.69) is 72.1 Å². The smallest absolute Gasteiger partial charge is 0.244 e. The number of ether oxygens (including phenoxy) is 2. The molecule has 0 aliphatic carbocycles. The number of amides is 8. The van der Waals surface area contributed by atoms with Crippen LogP contribution < -0.4 is 65.5 Å². The lowest BCUT2D eigenvalue weighted by atomic mass is 9.88. The quantitative estimate of drug-likeness (QED) is 0.0100. The standard InChI is InChI=1S/C75H112N14O10S3/c1-2-3-4-5-6-7-8-9-10-11-12-13-23-37-66(90)80-40-42-98-44-45-99-43-41-81-68(92)64-52-101-50-55-29-24-30-56(46-55)51-102-53-65(84-67(91)48-59(57-31-19-15-20-32-57)58-33-21-16-22-34-58)73(97)86-61(36-26-39-83-75(78)79)70(94)88-63(49-100)72(96)85-60(35-25-38-82-74(76)77)69(93)87-62(71(95)89-64)47-54-27-17-14-18-28-54/h14-22,24,27-34,46,59-65,100H,2-13,23,25-26,35-45,47-53H2,1H3,(H,80,90)(H,81,92)(H,84,91)(H,85,96)(H,86,97)(H,87,93)(H,88,94)(H,89,95)(H4,76,77,82)(H4,78,79,83)/t60-,61-,62-,63-,64-,65-/m0/s1. The third kappa shape index (κ3) is 35.8. The van der Waals surface area contributed by atoms with E-state index < -0.39 is 77.6 Å². The van der Waals surface area contributed by atoms with E-state index in [0.29, 0.717) is 36.6 Å². The van der Waals surface area contributed by atoms with Crippen LogP contribution >= 0.6 is 36.2 Å². The van der Waals surface area contributed by atoms with Gasteiger partial charge in [0.25, 0.3) is 0 Å².